The Morgan fingerprint density at radius 1 is 1.38 bits per heavy atom. The van der Waals surface area contributed by atoms with Crippen molar-refractivity contribution in [3.8, 4) is 0 Å². The highest BCUT2D eigenvalue weighted by Crippen LogP contribution is 2.18. The zero-order valence-corrected chi connectivity index (χ0v) is 9.98. The molecule has 16 heavy (non-hydrogen) atoms. The number of carbonyl (C=O) groups is 1. The summed E-state index contributed by atoms with van der Waals surface area (Å²) in [4.78, 5) is 14.0. The normalized spacial score (nSPS) is 29.5. The quantitative estimate of drug-likeness (QED) is 0.737. The lowest BCUT2D eigenvalue weighted by Crippen LogP contribution is -2.47. The number of likely N-dealkylation sites (tertiary alicyclic amines) is 1. The van der Waals surface area contributed by atoms with Crippen molar-refractivity contribution in [2.45, 2.75) is 57.2 Å². The first-order chi connectivity index (χ1) is 7.66. The van der Waals surface area contributed by atoms with Crippen LogP contribution >= 0.6 is 0 Å². The lowest BCUT2D eigenvalue weighted by atomic mass is 10.2. The van der Waals surface area contributed by atoms with Crippen LogP contribution in [0.2, 0.25) is 0 Å². The number of hydrogen-bond donors (Lipinski definition) is 2. The Kier molecular flexibility index (Phi) is 3.82. The highest BCUT2D eigenvalue weighted by molar-refractivity contribution is 5.81. The van der Waals surface area contributed by atoms with E-state index in [-0.39, 0.29) is 18.1 Å². The van der Waals surface area contributed by atoms with Crippen LogP contribution in [0, 0.1) is 0 Å². The minimum absolute atomic E-state index is 0.0993. The molecule has 1 saturated heterocycles. The molecule has 1 aliphatic carbocycles. The van der Waals surface area contributed by atoms with Gasteiger partial charge in [-0.3, -0.25) is 9.69 Å². The summed E-state index contributed by atoms with van der Waals surface area (Å²) in [5, 5.41) is 12.5. The smallest absolute Gasteiger partial charge is 0.237 e. The number of β-amino-alcohol motifs (C(OH)–C–C–N with tert-alkyl or cyclic N) is 1. The van der Waals surface area contributed by atoms with Gasteiger partial charge in [0.1, 0.15) is 0 Å². The fourth-order valence-electron chi connectivity index (χ4n) is 2.68. The van der Waals surface area contributed by atoms with E-state index in [2.05, 4.69) is 10.2 Å². The van der Waals surface area contributed by atoms with Crippen molar-refractivity contribution in [3.63, 3.8) is 0 Å². The maximum absolute atomic E-state index is 12.0. The lowest BCUT2D eigenvalue weighted by molar-refractivity contribution is -0.126. The van der Waals surface area contributed by atoms with Gasteiger partial charge in [0, 0.05) is 19.1 Å². The predicted octanol–water partition coefficient (Wildman–Crippen LogP) is 0.500. The lowest BCUT2D eigenvalue weighted by Gasteiger charge is -2.24. The van der Waals surface area contributed by atoms with E-state index >= 15 is 0 Å². The maximum atomic E-state index is 12.0. The molecule has 2 unspecified atom stereocenters. The standard InChI is InChI=1S/C12H22N2O2/c1-9(14-7-6-11(15)8-14)12(16)13-10-4-2-3-5-10/h9-11,15H,2-8H2,1H3,(H,13,16). The number of rotatable bonds is 3. The molecule has 2 fully saturated rings. The van der Waals surface area contributed by atoms with Crippen LogP contribution in [-0.4, -0.2) is 47.2 Å². The molecular formula is C12H22N2O2. The van der Waals surface area contributed by atoms with Crippen molar-refractivity contribution < 1.29 is 9.90 Å². The summed E-state index contributed by atoms with van der Waals surface area (Å²) in [6, 6.07) is 0.292. The van der Waals surface area contributed by atoms with Gasteiger partial charge in [-0.1, -0.05) is 12.8 Å². The Balaban J connectivity index is 1.79. The number of hydrogen-bond acceptors (Lipinski definition) is 3. The number of nitrogens with one attached hydrogen (secondary N) is 1. The molecule has 0 spiro atoms. The SMILES string of the molecule is CC(C(=O)NC1CCCC1)N1CCC(O)C1. The fraction of sp³-hybridized carbons (Fsp3) is 0.917. The van der Waals surface area contributed by atoms with Crippen LogP contribution in [0.25, 0.3) is 0 Å². The molecule has 1 heterocycles. The van der Waals surface area contributed by atoms with Gasteiger partial charge >= 0.3 is 0 Å². The molecular weight excluding hydrogens is 204 g/mol. The summed E-state index contributed by atoms with van der Waals surface area (Å²) in [5.41, 5.74) is 0. The van der Waals surface area contributed by atoms with Crippen LogP contribution in [0.15, 0.2) is 0 Å². The van der Waals surface area contributed by atoms with E-state index in [4.69, 9.17) is 0 Å². The molecule has 2 N–H and O–H groups in total. The molecule has 0 radical (unpaired) electrons. The first-order valence-corrected chi connectivity index (χ1v) is 6.39. The van der Waals surface area contributed by atoms with Gasteiger partial charge in [0.25, 0.3) is 0 Å². The molecule has 1 saturated carbocycles. The van der Waals surface area contributed by atoms with Gasteiger partial charge in [-0.05, 0) is 26.2 Å². The van der Waals surface area contributed by atoms with Gasteiger partial charge in [0.2, 0.25) is 5.91 Å². The van der Waals surface area contributed by atoms with E-state index in [1.54, 1.807) is 0 Å². The minimum Gasteiger partial charge on any atom is -0.392 e. The summed E-state index contributed by atoms with van der Waals surface area (Å²) in [7, 11) is 0. The topological polar surface area (TPSA) is 52.6 Å². The average Bonchev–Trinajstić information content (AvgIpc) is 2.88. The Bertz CT molecular complexity index is 251. The molecule has 92 valence electrons. The third kappa shape index (κ3) is 2.74. The van der Waals surface area contributed by atoms with E-state index < -0.39 is 0 Å². The van der Waals surface area contributed by atoms with Crippen molar-refractivity contribution in [1.82, 2.24) is 10.2 Å². The molecule has 2 rings (SSSR count). The molecule has 2 atom stereocenters. The van der Waals surface area contributed by atoms with E-state index in [0.29, 0.717) is 12.6 Å². The second kappa shape index (κ2) is 5.15. The molecule has 1 amide bonds. The van der Waals surface area contributed by atoms with Crippen LogP contribution in [0.3, 0.4) is 0 Å². The zero-order chi connectivity index (χ0) is 11.5. The zero-order valence-electron chi connectivity index (χ0n) is 9.98. The summed E-state index contributed by atoms with van der Waals surface area (Å²) < 4.78 is 0. The van der Waals surface area contributed by atoms with Crippen molar-refractivity contribution in [2.75, 3.05) is 13.1 Å². The van der Waals surface area contributed by atoms with Crippen LogP contribution in [0.1, 0.15) is 39.0 Å². The molecule has 0 aromatic carbocycles. The molecule has 4 heteroatoms. The van der Waals surface area contributed by atoms with Gasteiger partial charge in [0.05, 0.1) is 12.1 Å². The van der Waals surface area contributed by atoms with Gasteiger partial charge < -0.3 is 10.4 Å². The largest absolute Gasteiger partial charge is 0.392 e. The van der Waals surface area contributed by atoms with Crippen molar-refractivity contribution in [2.24, 2.45) is 0 Å². The Morgan fingerprint density at radius 2 is 2.06 bits per heavy atom. The minimum atomic E-state index is -0.248. The van der Waals surface area contributed by atoms with E-state index in [0.717, 1.165) is 25.8 Å². The molecule has 0 aromatic heterocycles. The Labute approximate surface area is 97.0 Å². The molecule has 2 aliphatic rings. The van der Waals surface area contributed by atoms with Gasteiger partial charge in [-0.2, -0.15) is 0 Å². The van der Waals surface area contributed by atoms with E-state index in [9.17, 15) is 9.90 Å². The Hall–Kier alpha value is -0.610. The van der Waals surface area contributed by atoms with Crippen molar-refractivity contribution >= 4 is 5.91 Å². The number of nitrogens with zero attached hydrogens (tertiary/aromatic N) is 1. The van der Waals surface area contributed by atoms with E-state index in [1.165, 1.54) is 12.8 Å². The van der Waals surface area contributed by atoms with Crippen LogP contribution in [0.5, 0.6) is 0 Å². The average molecular weight is 226 g/mol. The second-order valence-electron chi connectivity index (χ2n) is 5.10. The molecule has 0 bridgehead atoms. The number of aliphatic hydroxyl groups is 1. The molecule has 4 nitrogen and oxygen atoms in total. The monoisotopic (exact) mass is 226 g/mol. The first kappa shape index (κ1) is 11.9. The van der Waals surface area contributed by atoms with Crippen molar-refractivity contribution in [1.29, 1.82) is 0 Å². The summed E-state index contributed by atoms with van der Waals surface area (Å²) in [6.45, 7) is 3.40. The highest BCUT2D eigenvalue weighted by atomic mass is 16.3. The highest BCUT2D eigenvalue weighted by Gasteiger charge is 2.29. The fourth-order valence-corrected chi connectivity index (χ4v) is 2.68. The Morgan fingerprint density at radius 3 is 2.62 bits per heavy atom. The maximum Gasteiger partial charge on any atom is 0.237 e. The predicted molar refractivity (Wildman–Crippen MR) is 62.1 cm³/mol. The third-order valence-corrected chi connectivity index (χ3v) is 3.82. The number of aliphatic hydroxyl groups excluding tert-OH is 1. The van der Waals surface area contributed by atoms with Crippen LogP contribution in [0.4, 0.5) is 0 Å². The second-order valence-corrected chi connectivity index (χ2v) is 5.10. The molecule has 0 aromatic rings. The van der Waals surface area contributed by atoms with Gasteiger partial charge in [-0.15, -0.1) is 0 Å². The molecule has 1 aliphatic heterocycles. The van der Waals surface area contributed by atoms with Crippen LogP contribution in [-0.2, 0) is 4.79 Å². The number of amides is 1. The van der Waals surface area contributed by atoms with Crippen LogP contribution < -0.4 is 5.32 Å². The number of carbonyl (C=O) groups excluding carboxylic acids is 1. The van der Waals surface area contributed by atoms with Crippen molar-refractivity contribution in [3.05, 3.63) is 0 Å². The first-order valence-electron chi connectivity index (χ1n) is 6.39. The summed E-state index contributed by atoms with van der Waals surface area (Å²) >= 11 is 0. The summed E-state index contributed by atoms with van der Waals surface area (Å²) in [5.74, 6) is 0.126. The van der Waals surface area contributed by atoms with E-state index in [1.807, 2.05) is 6.92 Å². The van der Waals surface area contributed by atoms with Gasteiger partial charge in [0.15, 0.2) is 0 Å². The third-order valence-electron chi connectivity index (χ3n) is 3.82. The summed E-state index contributed by atoms with van der Waals surface area (Å²) in [6.07, 6.45) is 5.27. The van der Waals surface area contributed by atoms with Gasteiger partial charge in [-0.25, -0.2) is 0 Å².